The molecule has 10 nitrogen and oxygen atoms in total. The van der Waals surface area contributed by atoms with Crippen molar-refractivity contribution in [1.29, 1.82) is 0 Å². The number of ether oxygens (including phenoxy) is 2. The molecule has 1 atom stereocenters. The number of carbonyl (C=O) groups excluding carboxylic acids is 2. The number of aromatic nitrogens is 1. The average Bonchev–Trinajstić information content (AvgIpc) is 3.55. The predicted molar refractivity (Wildman–Crippen MR) is 165 cm³/mol. The zero-order valence-electron chi connectivity index (χ0n) is 24.8. The van der Waals surface area contributed by atoms with Crippen molar-refractivity contribution in [3.8, 4) is 0 Å². The lowest BCUT2D eigenvalue weighted by molar-refractivity contribution is -0.147. The molecule has 2 aromatic rings. The molecule has 1 aromatic heterocycles. The van der Waals surface area contributed by atoms with Gasteiger partial charge in [-0.2, -0.15) is 0 Å². The van der Waals surface area contributed by atoms with Crippen LogP contribution in [0, 0.1) is 23.1 Å². The molecule has 2 aliphatic heterocycles. The van der Waals surface area contributed by atoms with Gasteiger partial charge in [0.2, 0.25) is 10.0 Å². The van der Waals surface area contributed by atoms with Gasteiger partial charge in [0.1, 0.15) is 11.9 Å². The van der Waals surface area contributed by atoms with Crippen LogP contribution < -0.4 is 5.32 Å². The fourth-order valence-corrected chi connectivity index (χ4v) is 9.41. The molecule has 238 valence electrons. The number of sulfonamides is 1. The summed E-state index contributed by atoms with van der Waals surface area (Å²) in [7, 11) is -0.920. The maximum Gasteiger partial charge on any atom is 0.338 e. The van der Waals surface area contributed by atoms with Crippen molar-refractivity contribution in [2.75, 3.05) is 33.1 Å². The standard InChI is InChI=1S/C30H36ClFN4O6S2/c1-30(10-6-19(7-11-30)28(37)41-2)17-44(39,40)36-13-8-18(9-14-36)24-23(29(38)42-3)25(21-5-4-20(32)16-22(21)31)35-26(34-24)27-33-12-15-43-27/h4-5,12,15-16,18-19,25H,6-11,13-14,17H2,1-3H3,(H,34,35). The number of nitrogens with zero attached hydrogens (tertiary/aromatic N) is 3. The highest BCUT2D eigenvalue weighted by atomic mass is 35.5. The third kappa shape index (κ3) is 6.85. The molecule has 1 unspecified atom stereocenters. The van der Waals surface area contributed by atoms with Gasteiger partial charge >= 0.3 is 11.9 Å². The average molecular weight is 667 g/mol. The van der Waals surface area contributed by atoms with Crippen molar-refractivity contribution in [3.63, 3.8) is 0 Å². The van der Waals surface area contributed by atoms with Crippen LogP contribution in [0.5, 0.6) is 0 Å². The molecule has 0 spiro atoms. The van der Waals surface area contributed by atoms with E-state index in [1.807, 2.05) is 12.3 Å². The minimum absolute atomic E-state index is 0.0128. The fraction of sp³-hybridized carbons (Fsp3) is 0.533. The van der Waals surface area contributed by atoms with E-state index in [0.29, 0.717) is 60.6 Å². The van der Waals surface area contributed by atoms with Crippen molar-refractivity contribution in [1.82, 2.24) is 14.6 Å². The second-order valence-corrected chi connectivity index (χ2v) is 15.1. The summed E-state index contributed by atoms with van der Waals surface area (Å²) in [5, 5.41) is 5.85. The van der Waals surface area contributed by atoms with E-state index in [4.69, 9.17) is 26.1 Å². The van der Waals surface area contributed by atoms with Crippen molar-refractivity contribution >= 4 is 50.7 Å². The zero-order valence-corrected chi connectivity index (χ0v) is 27.2. The van der Waals surface area contributed by atoms with E-state index in [0.717, 1.165) is 0 Å². The first-order chi connectivity index (χ1) is 20.9. The molecule has 3 heterocycles. The molecule has 1 aromatic carbocycles. The van der Waals surface area contributed by atoms with Crippen molar-refractivity contribution in [3.05, 3.63) is 62.5 Å². The van der Waals surface area contributed by atoms with Crippen LogP contribution in [0.2, 0.25) is 5.02 Å². The lowest BCUT2D eigenvalue weighted by Gasteiger charge is -2.39. The van der Waals surface area contributed by atoms with Crippen LogP contribution in [0.4, 0.5) is 4.39 Å². The summed E-state index contributed by atoms with van der Waals surface area (Å²) in [4.78, 5) is 34.4. The van der Waals surface area contributed by atoms with E-state index < -0.39 is 33.3 Å². The molecule has 14 heteroatoms. The van der Waals surface area contributed by atoms with Gasteiger partial charge < -0.3 is 14.8 Å². The SMILES string of the molecule is COC(=O)C1=C(C2CCN(S(=O)(=O)CC3(C)CCC(C(=O)OC)CC3)CC2)NC(c2nccs2)=NC1c1ccc(F)cc1Cl. The number of methoxy groups -OCH3 is 2. The van der Waals surface area contributed by atoms with E-state index in [1.165, 1.54) is 48.1 Å². The van der Waals surface area contributed by atoms with Crippen molar-refractivity contribution in [2.24, 2.45) is 22.2 Å². The van der Waals surface area contributed by atoms with E-state index >= 15 is 0 Å². The summed E-state index contributed by atoms with van der Waals surface area (Å²) in [6.45, 7) is 2.53. The number of carbonyl (C=O) groups is 2. The van der Waals surface area contributed by atoms with Crippen LogP contribution in [0.1, 0.15) is 62.1 Å². The molecule has 0 radical (unpaired) electrons. The van der Waals surface area contributed by atoms with Gasteiger partial charge in [-0.1, -0.05) is 24.6 Å². The van der Waals surface area contributed by atoms with Gasteiger partial charge in [0.05, 0.1) is 31.5 Å². The number of thiazole rings is 1. The molecule has 1 aliphatic carbocycles. The smallest absolute Gasteiger partial charge is 0.338 e. The Morgan fingerprint density at radius 1 is 1.16 bits per heavy atom. The number of allylic oxidation sites excluding steroid dienone is 1. The molecular formula is C30H36ClFN4O6S2. The molecule has 0 bridgehead atoms. The Morgan fingerprint density at radius 2 is 1.86 bits per heavy atom. The maximum atomic E-state index is 14.0. The van der Waals surface area contributed by atoms with Gasteiger partial charge in [0.25, 0.3) is 0 Å². The van der Waals surface area contributed by atoms with Crippen LogP contribution in [0.25, 0.3) is 0 Å². The van der Waals surface area contributed by atoms with E-state index in [2.05, 4.69) is 10.3 Å². The predicted octanol–water partition coefficient (Wildman–Crippen LogP) is 4.87. The Hall–Kier alpha value is -2.87. The maximum absolute atomic E-state index is 14.0. The third-order valence-electron chi connectivity index (χ3n) is 8.89. The Bertz CT molecular complexity index is 1560. The summed E-state index contributed by atoms with van der Waals surface area (Å²) in [6, 6.07) is 3.07. The minimum Gasteiger partial charge on any atom is -0.469 e. The van der Waals surface area contributed by atoms with Crippen LogP contribution >= 0.6 is 22.9 Å². The molecule has 0 amide bonds. The number of amidine groups is 1. The normalized spacial score (nSPS) is 25.2. The number of esters is 2. The summed E-state index contributed by atoms with van der Waals surface area (Å²) in [6.07, 6.45) is 5.05. The summed E-state index contributed by atoms with van der Waals surface area (Å²) in [5.74, 6) is -1.30. The number of halogens is 2. The molecule has 5 rings (SSSR count). The van der Waals surface area contributed by atoms with Gasteiger partial charge in [-0.25, -0.2) is 26.9 Å². The number of hydrogen-bond acceptors (Lipinski definition) is 10. The number of aliphatic imine (C=N–C) groups is 1. The Balaban J connectivity index is 1.38. The van der Waals surface area contributed by atoms with Gasteiger partial charge in [-0.05, 0) is 56.1 Å². The number of rotatable bonds is 8. The molecule has 1 saturated heterocycles. The highest BCUT2D eigenvalue weighted by molar-refractivity contribution is 7.89. The number of nitrogens with one attached hydrogen (secondary N) is 1. The van der Waals surface area contributed by atoms with E-state index in [9.17, 15) is 22.4 Å². The van der Waals surface area contributed by atoms with Crippen LogP contribution in [-0.4, -0.2) is 68.5 Å². The number of benzene rings is 1. The lowest BCUT2D eigenvalue weighted by Crippen LogP contribution is -2.46. The van der Waals surface area contributed by atoms with Gasteiger partial charge in [-0.3, -0.25) is 9.79 Å². The highest BCUT2D eigenvalue weighted by Gasteiger charge is 2.42. The third-order valence-corrected chi connectivity index (χ3v) is 12.2. The van der Waals surface area contributed by atoms with Crippen LogP contribution in [0.3, 0.4) is 0 Å². The zero-order chi connectivity index (χ0) is 31.6. The number of piperidine rings is 1. The molecule has 1 N–H and O–H groups in total. The van der Waals surface area contributed by atoms with Crippen molar-refractivity contribution in [2.45, 2.75) is 51.5 Å². The Kier molecular flexibility index (Phi) is 9.78. The highest BCUT2D eigenvalue weighted by Crippen LogP contribution is 2.42. The van der Waals surface area contributed by atoms with Gasteiger partial charge in [0, 0.05) is 46.9 Å². The first-order valence-electron chi connectivity index (χ1n) is 14.5. The largest absolute Gasteiger partial charge is 0.469 e. The lowest BCUT2D eigenvalue weighted by atomic mass is 9.73. The van der Waals surface area contributed by atoms with Crippen LogP contribution in [-0.2, 0) is 29.1 Å². The summed E-state index contributed by atoms with van der Waals surface area (Å²) >= 11 is 7.83. The van der Waals surface area contributed by atoms with Gasteiger partial charge in [0.15, 0.2) is 10.8 Å². The first-order valence-corrected chi connectivity index (χ1v) is 17.4. The van der Waals surface area contributed by atoms with E-state index in [1.54, 1.807) is 6.20 Å². The second kappa shape index (κ2) is 13.2. The molecular weight excluding hydrogens is 631 g/mol. The first kappa shape index (κ1) is 32.5. The molecule has 3 aliphatic rings. The Morgan fingerprint density at radius 3 is 2.45 bits per heavy atom. The van der Waals surface area contributed by atoms with E-state index in [-0.39, 0.29) is 47.2 Å². The molecule has 44 heavy (non-hydrogen) atoms. The molecule has 1 saturated carbocycles. The minimum atomic E-state index is -3.58. The second-order valence-electron chi connectivity index (χ2n) is 11.9. The quantitative estimate of drug-likeness (QED) is 0.396. The topological polar surface area (TPSA) is 127 Å². The fourth-order valence-electron chi connectivity index (χ4n) is 6.43. The summed E-state index contributed by atoms with van der Waals surface area (Å²) < 4.78 is 52.8. The summed E-state index contributed by atoms with van der Waals surface area (Å²) in [5.41, 5.74) is 0.841. The monoisotopic (exact) mass is 666 g/mol. The Labute approximate surface area is 265 Å². The van der Waals surface area contributed by atoms with Crippen molar-refractivity contribution < 1.29 is 31.9 Å². The van der Waals surface area contributed by atoms with Gasteiger partial charge in [-0.15, -0.1) is 11.3 Å². The van der Waals surface area contributed by atoms with Crippen LogP contribution in [0.15, 0.2) is 46.0 Å². The molecule has 2 fully saturated rings. The number of hydrogen-bond donors (Lipinski definition) is 1.